The number of carbonyl (C=O) groups excluding carboxylic acids is 1. The lowest BCUT2D eigenvalue weighted by molar-refractivity contribution is 0.0597. The van der Waals surface area contributed by atoms with Gasteiger partial charge in [0.2, 0.25) is 0 Å². The number of carbonyl (C=O) groups is 1. The van der Waals surface area contributed by atoms with E-state index < -0.39 is 0 Å². The monoisotopic (exact) mass is 357 g/mol. The van der Waals surface area contributed by atoms with Crippen LogP contribution in [0.3, 0.4) is 0 Å². The third-order valence-electron chi connectivity index (χ3n) is 4.86. The smallest absolute Gasteiger partial charge is 0.253 e. The van der Waals surface area contributed by atoms with Crippen molar-refractivity contribution in [3.05, 3.63) is 71.9 Å². The maximum Gasteiger partial charge on any atom is 0.253 e. The van der Waals surface area contributed by atoms with E-state index in [1.165, 1.54) is 0 Å². The van der Waals surface area contributed by atoms with Gasteiger partial charge in [0.05, 0.1) is 11.6 Å². The largest absolute Gasteiger partial charge is 0.488 e. The summed E-state index contributed by atoms with van der Waals surface area (Å²) in [5.74, 6) is 0.761. The van der Waals surface area contributed by atoms with Gasteiger partial charge in [-0.05, 0) is 30.3 Å². The fraction of sp³-hybridized carbons (Fsp3) is 0.227. The van der Waals surface area contributed by atoms with E-state index in [9.17, 15) is 4.79 Å². The second-order valence-corrected chi connectivity index (χ2v) is 6.63. The lowest BCUT2D eigenvalue weighted by atomic mass is 10.0. The van der Waals surface area contributed by atoms with Crippen molar-refractivity contribution in [1.29, 1.82) is 5.26 Å². The Morgan fingerprint density at radius 1 is 1.11 bits per heavy atom. The van der Waals surface area contributed by atoms with Crippen molar-refractivity contribution in [3.8, 4) is 11.8 Å². The lowest BCUT2D eigenvalue weighted by Crippen LogP contribution is -2.41. The first-order valence-corrected chi connectivity index (χ1v) is 9.04. The van der Waals surface area contributed by atoms with Crippen LogP contribution in [-0.4, -0.2) is 35.0 Å². The minimum absolute atomic E-state index is 0.0302. The van der Waals surface area contributed by atoms with E-state index in [2.05, 4.69) is 11.1 Å². The molecule has 0 spiro atoms. The highest BCUT2D eigenvalue weighted by atomic mass is 16.5. The average Bonchev–Trinajstić information content (AvgIpc) is 2.74. The molecule has 134 valence electrons. The molecule has 27 heavy (non-hydrogen) atoms. The molecular formula is C22H19N3O2. The number of piperidine rings is 1. The number of para-hydroxylation sites is 1. The highest BCUT2D eigenvalue weighted by Crippen LogP contribution is 2.26. The second-order valence-electron chi connectivity index (χ2n) is 6.63. The number of fused-ring (bicyclic) bond motifs is 1. The molecule has 4 rings (SSSR count). The summed E-state index contributed by atoms with van der Waals surface area (Å²) in [5, 5.41) is 10.1. The molecule has 0 radical (unpaired) electrons. The van der Waals surface area contributed by atoms with Crippen molar-refractivity contribution >= 4 is 16.8 Å². The summed E-state index contributed by atoms with van der Waals surface area (Å²) in [6.07, 6.45) is 3.37. The molecule has 0 N–H and O–H groups in total. The maximum absolute atomic E-state index is 12.7. The Morgan fingerprint density at radius 2 is 1.89 bits per heavy atom. The van der Waals surface area contributed by atoms with E-state index in [1.807, 2.05) is 35.2 Å². The van der Waals surface area contributed by atoms with E-state index in [0.29, 0.717) is 24.2 Å². The summed E-state index contributed by atoms with van der Waals surface area (Å²) in [4.78, 5) is 18.9. The first kappa shape index (κ1) is 17.0. The highest BCUT2D eigenvalue weighted by Gasteiger charge is 2.25. The predicted molar refractivity (Wildman–Crippen MR) is 102 cm³/mol. The van der Waals surface area contributed by atoms with Gasteiger partial charge in [-0.1, -0.05) is 24.3 Å². The summed E-state index contributed by atoms with van der Waals surface area (Å²) in [7, 11) is 0. The molecule has 0 bridgehead atoms. The van der Waals surface area contributed by atoms with Crippen LogP contribution in [0.2, 0.25) is 0 Å². The van der Waals surface area contributed by atoms with Gasteiger partial charge in [-0.25, -0.2) is 0 Å². The van der Waals surface area contributed by atoms with Gasteiger partial charge in [0.25, 0.3) is 5.91 Å². The molecule has 1 saturated heterocycles. The van der Waals surface area contributed by atoms with Crippen molar-refractivity contribution in [2.45, 2.75) is 18.9 Å². The standard InChI is InChI=1S/C22H19N3O2/c23-15-16-4-1-6-18(14-16)22(26)25-12-9-19(10-13-25)27-20-8-2-5-17-7-3-11-24-21(17)20/h1-8,11,14,19H,9-10,12-13H2. The van der Waals surface area contributed by atoms with Crippen LogP contribution in [0, 0.1) is 11.3 Å². The van der Waals surface area contributed by atoms with Crippen molar-refractivity contribution < 1.29 is 9.53 Å². The van der Waals surface area contributed by atoms with Crippen molar-refractivity contribution in [3.63, 3.8) is 0 Å². The van der Waals surface area contributed by atoms with Gasteiger partial charge in [-0.15, -0.1) is 0 Å². The van der Waals surface area contributed by atoms with Crippen LogP contribution in [0.4, 0.5) is 0 Å². The Morgan fingerprint density at radius 3 is 2.70 bits per heavy atom. The fourth-order valence-electron chi connectivity index (χ4n) is 3.43. The number of likely N-dealkylation sites (tertiary alicyclic amines) is 1. The van der Waals surface area contributed by atoms with Gasteiger partial charge < -0.3 is 9.64 Å². The Labute approximate surface area is 157 Å². The SMILES string of the molecule is N#Cc1cccc(C(=O)N2CCC(Oc3cccc4cccnc34)CC2)c1. The Hall–Kier alpha value is -3.39. The van der Waals surface area contributed by atoms with Gasteiger partial charge in [0.1, 0.15) is 17.4 Å². The van der Waals surface area contributed by atoms with Crippen molar-refractivity contribution in [1.82, 2.24) is 9.88 Å². The zero-order valence-electron chi connectivity index (χ0n) is 14.8. The number of hydrogen-bond donors (Lipinski definition) is 0. The fourth-order valence-corrected chi connectivity index (χ4v) is 3.43. The predicted octanol–water partition coefficient (Wildman–Crippen LogP) is 3.79. The summed E-state index contributed by atoms with van der Waals surface area (Å²) in [5.41, 5.74) is 1.93. The number of nitriles is 1. The van der Waals surface area contributed by atoms with Gasteiger partial charge in [-0.2, -0.15) is 5.26 Å². The van der Waals surface area contributed by atoms with Crippen LogP contribution in [0.5, 0.6) is 5.75 Å². The molecule has 2 aromatic carbocycles. The van der Waals surface area contributed by atoms with Crippen molar-refractivity contribution in [2.75, 3.05) is 13.1 Å². The number of aromatic nitrogens is 1. The Balaban J connectivity index is 1.41. The summed E-state index contributed by atoms with van der Waals surface area (Å²) >= 11 is 0. The van der Waals surface area contributed by atoms with Crippen LogP contribution in [0.1, 0.15) is 28.8 Å². The number of benzene rings is 2. The van der Waals surface area contributed by atoms with Gasteiger partial charge in [-0.3, -0.25) is 9.78 Å². The molecule has 5 nitrogen and oxygen atoms in total. The first-order chi connectivity index (χ1) is 13.2. The molecule has 0 saturated carbocycles. The second kappa shape index (κ2) is 7.46. The highest BCUT2D eigenvalue weighted by molar-refractivity contribution is 5.94. The number of rotatable bonds is 3. The van der Waals surface area contributed by atoms with E-state index in [0.717, 1.165) is 29.5 Å². The molecule has 1 aromatic heterocycles. The molecule has 0 unspecified atom stereocenters. The summed E-state index contributed by atoms with van der Waals surface area (Å²) in [6, 6.07) is 18.8. The number of ether oxygens (including phenoxy) is 1. The van der Waals surface area contributed by atoms with E-state index in [1.54, 1.807) is 30.5 Å². The van der Waals surface area contributed by atoms with E-state index >= 15 is 0 Å². The normalized spacial score (nSPS) is 14.7. The Bertz CT molecular complexity index is 1010. The van der Waals surface area contributed by atoms with Crippen LogP contribution in [-0.2, 0) is 0 Å². The third-order valence-corrected chi connectivity index (χ3v) is 4.86. The molecule has 1 fully saturated rings. The number of pyridine rings is 1. The van der Waals surface area contributed by atoms with Gasteiger partial charge in [0, 0.05) is 43.1 Å². The minimum atomic E-state index is -0.0302. The molecule has 1 aliphatic heterocycles. The van der Waals surface area contributed by atoms with E-state index in [4.69, 9.17) is 10.00 Å². The van der Waals surface area contributed by atoms with Crippen LogP contribution >= 0.6 is 0 Å². The van der Waals surface area contributed by atoms with Crippen LogP contribution in [0.15, 0.2) is 60.8 Å². The van der Waals surface area contributed by atoms with Crippen LogP contribution < -0.4 is 4.74 Å². The number of amides is 1. The molecule has 0 aliphatic carbocycles. The quantitative estimate of drug-likeness (QED) is 0.715. The summed E-state index contributed by atoms with van der Waals surface area (Å²) < 4.78 is 6.20. The van der Waals surface area contributed by atoms with E-state index in [-0.39, 0.29) is 12.0 Å². The summed E-state index contributed by atoms with van der Waals surface area (Å²) in [6.45, 7) is 1.27. The number of nitrogens with zero attached hydrogens (tertiary/aromatic N) is 3. The van der Waals surface area contributed by atoms with Gasteiger partial charge in [0.15, 0.2) is 0 Å². The molecule has 3 aromatic rings. The van der Waals surface area contributed by atoms with Gasteiger partial charge >= 0.3 is 0 Å². The molecule has 2 heterocycles. The zero-order valence-corrected chi connectivity index (χ0v) is 14.8. The Kier molecular flexibility index (Phi) is 4.71. The molecule has 0 atom stereocenters. The zero-order chi connectivity index (χ0) is 18.6. The topological polar surface area (TPSA) is 66.2 Å². The lowest BCUT2D eigenvalue weighted by Gasteiger charge is -2.32. The number of hydrogen-bond acceptors (Lipinski definition) is 4. The average molecular weight is 357 g/mol. The molecule has 1 amide bonds. The first-order valence-electron chi connectivity index (χ1n) is 9.04. The third kappa shape index (κ3) is 3.61. The maximum atomic E-state index is 12.7. The minimum Gasteiger partial charge on any atom is -0.488 e. The van der Waals surface area contributed by atoms with Crippen molar-refractivity contribution in [2.24, 2.45) is 0 Å². The van der Waals surface area contributed by atoms with Crippen LogP contribution in [0.25, 0.3) is 10.9 Å². The molecular weight excluding hydrogens is 338 g/mol. The molecule has 5 heteroatoms. The molecule has 1 aliphatic rings.